The average Bonchev–Trinajstić information content (AvgIpc) is 3.25. The molecule has 3 amide bonds. The van der Waals surface area contributed by atoms with Crippen LogP contribution in [0.1, 0.15) is 25.7 Å². The van der Waals surface area contributed by atoms with Gasteiger partial charge < -0.3 is 35.5 Å². The third-order valence-electron chi connectivity index (χ3n) is 4.89. The highest BCUT2D eigenvalue weighted by atomic mass is 32.2. The molecule has 4 N–H and O–H groups in total. The van der Waals surface area contributed by atoms with Crippen LogP contribution < -0.4 is 21.3 Å². The number of likely N-dealkylation sites (N-methyl/N-ethyl adjacent to an activating group) is 1. The minimum absolute atomic E-state index is 0.0485. The predicted octanol–water partition coefficient (Wildman–Crippen LogP) is 0.0976. The summed E-state index contributed by atoms with van der Waals surface area (Å²) in [6, 6.07) is 0.462. The molecule has 2 fully saturated rings. The van der Waals surface area contributed by atoms with E-state index in [0.717, 1.165) is 31.6 Å². The molecular formula is C19H36N4O5S. The highest BCUT2D eigenvalue weighted by molar-refractivity contribution is 8.00. The van der Waals surface area contributed by atoms with E-state index < -0.39 is 0 Å². The topological polar surface area (TPSA) is 110 Å². The molecule has 2 rings (SSSR count). The van der Waals surface area contributed by atoms with Gasteiger partial charge in [-0.2, -0.15) is 11.8 Å². The van der Waals surface area contributed by atoms with E-state index in [9.17, 15) is 9.59 Å². The van der Waals surface area contributed by atoms with Gasteiger partial charge in [0.05, 0.1) is 51.7 Å². The number of amides is 3. The van der Waals surface area contributed by atoms with Crippen LogP contribution in [0.5, 0.6) is 0 Å². The Morgan fingerprint density at radius 2 is 1.72 bits per heavy atom. The number of carbonyl (C=O) groups excluding carboxylic acids is 2. The van der Waals surface area contributed by atoms with Gasteiger partial charge in [0.1, 0.15) is 0 Å². The third kappa shape index (κ3) is 9.99. The summed E-state index contributed by atoms with van der Waals surface area (Å²) in [5.74, 6) is 1.04. The molecule has 0 aromatic rings. The van der Waals surface area contributed by atoms with E-state index >= 15 is 0 Å². The Labute approximate surface area is 177 Å². The van der Waals surface area contributed by atoms with Crippen LogP contribution in [0.15, 0.2) is 0 Å². The smallest absolute Gasteiger partial charge is 0.315 e. The van der Waals surface area contributed by atoms with Crippen molar-refractivity contribution in [1.82, 2.24) is 21.3 Å². The van der Waals surface area contributed by atoms with Gasteiger partial charge in [0.2, 0.25) is 5.91 Å². The summed E-state index contributed by atoms with van der Waals surface area (Å²) in [6.07, 6.45) is 3.43. The first kappa shape index (κ1) is 24.2. The minimum Gasteiger partial charge on any atom is -0.378 e. The average molecular weight is 433 g/mol. The summed E-state index contributed by atoms with van der Waals surface area (Å²) in [5.41, 5.74) is 0. The van der Waals surface area contributed by atoms with Crippen molar-refractivity contribution in [3.63, 3.8) is 0 Å². The number of hydrogen-bond acceptors (Lipinski definition) is 7. The Morgan fingerprint density at radius 1 is 1.03 bits per heavy atom. The van der Waals surface area contributed by atoms with Gasteiger partial charge in [0.15, 0.2) is 0 Å². The van der Waals surface area contributed by atoms with Crippen molar-refractivity contribution in [3.8, 4) is 0 Å². The molecule has 10 heteroatoms. The monoisotopic (exact) mass is 432 g/mol. The molecule has 2 aliphatic rings. The molecule has 0 saturated carbocycles. The number of unbranched alkanes of at least 4 members (excludes halogenated alkanes) is 1. The summed E-state index contributed by atoms with van der Waals surface area (Å²) in [7, 11) is 1.89. The molecule has 2 saturated heterocycles. The third-order valence-corrected chi connectivity index (χ3v) is 6.40. The molecule has 168 valence electrons. The number of nitrogens with one attached hydrogen (secondary N) is 4. The molecular weight excluding hydrogens is 396 g/mol. The van der Waals surface area contributed by atoms with Gasteiger partial charge in [0, 0.05) is 30.5 Å². The summed E-state index contributed by atoms with van der Waals surface area (Å²) in [5, 5.41) is 12.3. The molecule has 0 aromatic carbocycles. The van der Waals surface area contributed by atoms with Crippen molar-refractivity contribution in [2.24, 2.45) is 0 Å². The Morgan fingerprint density at radius 3 is 2.45 bits per heavy atom. The first-order valence-corrected chi connectivity index (χ1v) is 11.6. The van der Waals surface area contributed by atoms with Gasteiger partial charge in [-0.05, 0) is 19.9 Å². The van der Waals surface area contributed by atoms with Crippen molar-refractivity contribution in [2.75, 3.05) is 65.5 Å². The number of ether oxygens (including phenoxy) is 3. The maximum Gasteiger partial charge on any atom is 0.315 e. The van der Waals surface area contributed by atoms with Crippen LogP contribution in [0.3, 0.4) is 0 Å². The van der Waals surface area contributed by atoms with Crippen LogP contribution in [0.4, 0.5) is 4.79 Å². The fraction of sp³-hybridized carbons (Fsp3) is 0.895. The standard InChI is InChI=1S/C19H36N4O5S/c1-20-6-8-26-10-12-28-13-11-27-9-7-21-17(24)5-3-2-4-16-18-15(14-29-16)22-19(25)23-18/h15-16,18,20H,2-14H2,1H3,(H,21,24)(H2,22,23,25)/t15-,16-,18-/m0/s1. The molecule has 9 nitrogen and oxygen atoms in total. The second-order valence-corrected chi connectivity index (χ2v) is 8.43. The van der Waals surface area contributed by atoms with Gasteiger partial charge in [0.25, 0.3) is 0 Å². The fourth-order valence-electron chi connectivity index (χ4n) is 3.34. The quantitative estimate of drug-likeness (QED) is 0.191. The van der Waals surface area contributed by atoms with E-state index in [2.05, 4.69) is 21.3 Å². The van der Waals surface area contributed by atoms with Crippen LogP contribution in [-0.2, 0) is 19.0 Å². The number of urea groups is 1. The highest BCUT2D eigenvalue weighted by Crippen LogP contribution is 2.33. The Kier molecular flexibility index (Phi) is 12.4. The van der Waals surface area contributed by atoms with Gasteiger partial charge in [-0.3, -0.25) is 4.79 Å². The normalized spacial score (nSPS) is 22.9. The van der Waals surface area contributed by atoms with E-state index in [-0.39, 0.29) is 24.0 Å². The number of rotatable bonds is 17. The van der Waals surface area contributed by atoms with Crippen LogP contribution in [0, 0.1) is 0 Å². The van der Waals surface area contributed by atoms with Gasteiger partial charge in [-0.15, -0.1) is 0 Å². The molecule has 0 spiro atoms. The number of thioether (sulfide) groups is 1. The second-order valence-electron chi connectivity index (χ2n) is 7.16. The molecule has 3 atom stereocenters. The predicted molar refractivity (Wildman–Crippen MR) is 113 cm³/mol. The summed E-state index contributed by atoms with van der Waals surface area (Å²) >= 11 is 1.91. The van der Waals surface area contributed by atoms with E-state index in [1.807, 2.05) is 18.8 Å². The molecule has 29 heavy (non-hydrogen) atoms. The first-order chi connectivity index (χ1) is 14.2. The van der Waals surface area contributed by atoms with Crippen molar-refractivity contribution in [1.29, 1.82) is 0 Å². The van der Waals surface area contributed by atoms with Crippen LogP contribution in [0.2, 0.25) is 0 Å². The van der Waals surface area contributed by atoms with Crippen molar-refractivity contribution in [3.05, 3.63) is 0 Å². The molecule has 0 aromatic heterocycles. The highest BCUT2D eigenvalue weighted by Gasteiger charge is 2.42. The van der Waals surface area contributed by atoms with Crippen molar-refractivity contribution < 1.29 is 23.8 Å². The maximum atomic E-state index is 11.9. The summed E-state index contributed by atoms with van der Waals surface area (Å²) < 4.78 is 16.2. The number of carbonyl (C=O) groups is 2. The van der Waals surface area contributed by atoms with E-state index in [0.29, 0.717) is 57.9 Å². The number of fused-ring (bicyclic) bond motifs is 1. The van der Waals surface area contributed by atoms with Crippen LogP contribution >= 0.6 is 11.8 Å². The van der Waals surface area contributed by atoms with Crippen molar-refractivity contribution >= 4 is 23.7 Å². The molecule has 2 aliphatic heterocycles. The van der Waals surface area contributed by atoms with Crippen molar-refractivity contribution in [2.45, 2.75) is 43.0 Å². The van der Waals surface area contributed by atoms with E-state index in [4.69, 9.17) is 14.2 Å². The zero-order valence-corrected chi connectivity index (χ0v) is 18.2. The molecule has 2 heterocycles. The zero-order chi connectivity index (χ0) is 20.7. The first-order valence-electron chi connectivity index (χ1n) is 10.5. The second kappa shape index (κ2) is 14.8. The Hall–Kier alpha value is -1.07. The lowest BCUT2D eigenvalue weighted by Gasteiger charge is -2.16. The minimum atomic E-state index is -0.0485. The zero-order valence-electron chi connectivity index (χ0n) is 17.4. The SMILES string of the molecule is CNCCOCCOCCOCCNC(=O)CCCC[C@@H]1SC[C@@H]2NC(=O)N[C@@H]21. The lowest BCUT2D eigenvalue weighted by Crippen LogP contribution is -2.36. The lowest BCUT2D eigenvalue weighted by molar-refractivity contribution is -0.121. The van der Waals surface area contributed by atoms with Gasteiger partial charge in [-0.1, -0.05) is 6.42 Å². The number of hydrogen-bond donors (Lipinski definition) is 4. The van der Waals surface area contributed by atoms with Gasteiger partial charge >= 0.3 is 6.03 Å². The van der Waals surface area contributed by atoms with E-state index in [1.165, 1.54) is 0 Å². The molecule has 0 bridgehead atoms. The Balaban J connectivity index is 1.33. The largest absolute Gasteiger partial charge is 0.378 e. The van der Waals surface area contributed by atoms with E-state index in [1.54, 1.807) is 0 Å². The summed E-state index contributed by atoms with van der Waals surface area (Å²) in [6.45, 7) is 4.73. The fourth-order valence-corrected chi connectivity index (χ4v) is 4.88. The Bertz CT molecular complexity index is 486. The summed E-state index contributed by atoms with van der Waals surface area (Å²) in [4.78, 5) is 23.2. The van der Waals surface area contributed by atoms with Crippen LogP contribution in [-0.4, -0.2) is 94.8 Å². The van der Waals surface area contributed by atoms with Gasteiger partial charge in [-0.25, -0.2) is 4.79 Å². The molecule has 0 radical (unpaired) electrons. The lowest BCUT2D eigenvalue weighted by atomic mass is 10.0. The molecule has 0 unspecified atom stereocenters. The van der Waals surface area contributed by atoms with Crippen LogP contribution in [0.25, 0.3) is 0 Å². The molecule has 0 aliphatic carbocycles. The maximum absolute atomic E-state index is 11.9.